The Morgan fingerprint density at radius 1 is 0.339 bits per heavy atom. The van der Waals surface area contributed by atoms with Crippen LogP contribution >= 0.6 is 0 Å². The van der Waals surface area contributed by atoms with Gasteiger partial charge < -0.3 is 9.32 Å². The standard InChI is InChI=1S/C54H41NO/c1-53(2)47-16-10-8-14-41(47)42-28-22-37(30-49(42)53)36-20-25-39(26-21-36)55(38-23-18-35(19-24-38)34-12-6-5-7-13-34)40-27-29-48-44(31-40)45-33-52-46(32-50(45)54(48,3)4)43-15-9-11-17-51(43)56-52/h5-33H,1-4H3. The van der Waals surface area contributed by atoms with Gasteiger partial charge >= 0.3 is 0 Å². The predicted molar refractivity (Wildman–Crippen MR) is 234 cm³/mol. The van der Waals surface area contributed by atoms with Crippen LogP contribution in [0.2, 0.25) is 0 Å². The van der Waals surface area contributed by atoms with Crippen LogP contribution in [0.25, 0.3) is 66.4 Å². The number of hydrogen-bond acceptors (Lipinski definition) is 2. The minimum Gasteiger partial charge on any atom is -0.456 e. The van der Waals surface area contributed by atoms with Crippen LogP contribution in [0.15, 0.2) is 180 Å². The molecule has 0 atom stereocenters. The van der Waals surface area contributed by atoms with Gasteiger partial charge in [0, 0.05) is 38.7 Å². The highest BCUT2D eigenvalue weighted by Crippen LogP contribution is 2.53. The Kier molecular flexibility index (Phi) is 6.98. The van der Waals surface area contributed by atoms with E-state index in [2.05, 4.69) is 202 Å². The van der Waals surface area contributed by atoms with E-state index in [1.165, 1.54) is 77.5 Å². The van der Waals surface area contributed by atoms with E-state index in [4.69, 9.17) is 4.42 Å². The summed E-state index contributed by atoms with van der Waals surface area (Å²) in [7, 11) is 0. The Bertz CT molecular complexity index is 3000. The highest BCUT2D eigenvalue weighted by atomic mass is 16.3. The predicted octanol–water partition coefficient (Wildman–Crippen LogP) is 15.0. The third-order valence-electron chi connectivity index (χ3n) is 12.7. The average Bonchev–Trinajstić information content (AvgIpc) is 3.80. The van der Waals surface area contributed by atoms with Crippen molar-refractivity contribution in [2.24, 2.45) is 0 Å². The lowest BCUT2D eigenvalue weighted by atomic mass is 9.81. The number of benzene rings is 8. The van der Waals surface area contributed by atoms with Crippen molar-refractivity contribution in [2.75, 3.05) is 4.90 Å². The summed E-state index contributed by atoms with van der Waals surface area (Å²) in [6.45, 7) is 9.40. The average molecular weight is 720 g/mol. The molecule has 268 valence electrons. The molecular formula is C54H41NO. The summed E-state index contributed by atoms with van der Waals surface area (Å²) < 4.78 is 6.41. The van der Waals surface area contributed by atoms with Crippen LogP contribution in [0.3, 0.4) is 0 Å². The fourth-order valence-electron chi connectivity index (χ4n) is 9.66. The zero-order valence-electron chi connectivity index (χ0n) is 32.1. The van der Waals surface area contributed by atoms with Gasteiger partial charge in [0.25, 0.3) is 0 Å². The summed E-state index contributed by atoms with van der Waals surface area (Å²) in [5.41, 5.74) is 20.6. The molecule has 0 bridgehead atoms. The molecule has 2 aliphatic rings. The molecule has 2 nitrogen and oxygen atoms in total. The van der Waals surface area contributed by atoms with Crippen LogP contribution in [0.4, 0.5) is 17.1 Å². The fraction of sp³-hybridized carbons (Fsp3) is 0.111. The minimum atomic E-state index is -0.147. The van der Waals surface area contributed by atoms with Crippen molar-refractivity contribution in [1.29, 1.82) is 0 Å². The smallest absolute Gasteiger partial charge is 0.136 e. The van der Waals surface area contributed by atoms with E-state index in [0.717, 1.165) is 28.2 Å². The van der Waals surface area contributed by atoms with Crippen molar-refractivity contribution in [3.8, 4) is 44.5 Å². The van der Waals surface area contributed by atoms with Crippen LogP contribution in [0.1, 0.15) is 49.9 Å². The van der Waals surface area contributed by atoms with E-state index in [-0.39, 0.29) is 10.8 Å². The summed E-state index contributed by atoms with van der Waals surface area (Å²) in [5, 5.41) is 2.34. The van der Waals surface area contributed by atoms with E-state index in [9.17, 15) is 0 Å². The molecule has 0 N–H and O–H groups in total. The topological polar surface area (TPSA) is 16.4 Å². The third-order valence-corrected chi connectivity index (χ3v) is 12.7. The molecule has 11 rings (SSSR count). The van der Waals surface area contributed by atoms with Gasteiger partial charge in [0.05, 0.1) is 0 Å². The first-order chi connectivity index (χ1) is 27.3. The van der Waals surface area contributed by atoms with E-state index in [0.29, 0.717) is 0 Å². The van der Waals surface area contributed by atoms with Gasteiger partial charge in [-0.25, -0.2) is 0 Å². The monoisotopic (exact) mass is 719 g/mol. The van der Waals surface area contributed by atoms with Gasteiger partial charge in [-0.3, -0.25) is 0 Å². The molecule has 9 aromatic rings. The van der Waals surface area contributed by atoms with E-state index in [1.54, 1.807) is 0 Å². The molecule has 2 aliphatic carbocycles. The van der Waals surface area contributed by atoms with Crippen LogP contribution in [0.5, 0.6) is 0 Å². The molecule has 0 saturated carbocycles. The van der Waals surface area contributed by atoms with Gasteiger partial charge in [-0.05, 0) is 127 Å². The Balaban J connectivity index is 1.02. The van der Waals surface area contributed by atoms with Crippen LogP contribution in [-0.2, 0) is 10.8 Å². The van der Waals surface area contributed by atoms with Crippen molar-refractivity contribution in [3.63, 3.8) is 0 Å². The molecule has 56 heavy (non-hydrogen) atoms. The lowest BCUT2D eigenvalue weighted by Crippen LogP contribution is -2.15. The van der Waals surface area contributed by atoms with Gasteiger partial charge in [-0.1, -0.05) is 143 Å². The first kappa shape index (κ1) is 32.8. The number of hydrogen-bond donors (Lipinski definition) is 0. The highest BCUT2D eigenvalue weighted by molar-refractivity contribution is 6.07. The molecule has 0 fully saturated rings. The molecule has 1 heterocycles. The molecule has 0 spiro atoms. The molecule has 0 amide bonds. The Morgan fingerprint density at radius 2 is 0.875 bits per heavy atom. The van der Waals surface area contributed by atoms with Crippen molar-refractivity contribution in [3.05, 3.63) is 198 Å². The fourth-order valence-corrected chi connectivity index (χ4v) is 9.66. The van der Waals surface area contributed by atoms with E-state index in [1.807, 2.05) is 6.07 Å². The Morgan fingerprint density at radius 3 is 1.62 bits per heavy atom. The van der Waals surface area contributed by atoms with E-state index < -0.39 is 0 Å². The molecule has 8 aromatic carbocycles. The molecule has 0 saturated heterocycles. The number of anilines is 3. The summed E-state index contributed by atoms with van der Waals surface area (Å²) >= 11 is 0. The first-order valence-corrected chi connectivity index (χ1v) is 19.7. The minimum absolute atomic E-state index is 0.0402. The molecule has 1 aromatic heterocycles. The second-order valence-corrected chi connectivity index (χ2v) is 16.6. The van der Waals surface area contributed by atoms with Crippen molar-refractivity contribution in [2.45, 2.75) is 38.5 Å². The van der Waals surface area contributed by atoms with Gasteiger partial charge in [-0.2, -0.15) is 0 Å². The van der Waals surface area contributed by atoms with Gasteiger partial charge in [0.2, 0.25) is 0 Å². The number of furan rings is 1. The zero-order valence-corrected chi connectivity index (χ0v) is 32.1. The van der Waals surface area contributed by atoms with Crippen molar-refractivity contribution >= 4 is 39.0 Å². The number of nitrogens with zero attached hydrogens (tertiary/aromatic N) is 1. The van der Waals surface area contributed by atoms with Crippen LogP contribution in [0, 0.1) is 0 Å². The normalized spacial score (nSPS) is 14.4. The number of rotatable bonds is 5. The van der Waals surface area contributed by atoms with Gasteiger partial charge in [0.1, 0.15) is 11.2 Å². The third kappa shape index (κ3) is 4.82. The second-order valence-electron chi connectivity index (χ2n) is 16.6. The van der Waals surface area contributed by atoms with Crippen LogP contribution in [-0.4, -0.2) is 0 Å². The highest BCUT2D eigenvalue weighted by Gasteiger charge is 2.37. The molecular weight excluding hydrogens is 679 g/mol. The van der Waals surface area contributed by atoms with Gasteiger partial charge in [0.15, 0.2) is 0 Å². The van der Waals surface area contributed by atoms with Gasteiger partial charge in [-0.15, -0.1) is 0 Å². The summed E-state index contributed by atoms with van der Waals surface area (Å²) in [5.74, 6) is 0. The molecule has 2 heteroatoms. The molecule has 0 unspecified atom stereocenters. The maximum atomic E-state index is 6.41. The molecule has 0 aliphatic heterocycles. The SMILES string of the molecule is CC1(C)c2ccccc2-c2ccc(-c3ccc(N(c4ccc(-c5ccccc5)cc4)c4ccc5c(c4)-c4cc6oc7ccccc7c6cc4C5(C)C)cc3)cc21. The van der Waals surface area contributed by atoms with E-state index >= 15 is 0 Å². The quantitative estimate of drug-likeness (QED) is 0.176. The summed E-state index contributed by atoms with van der Waals surface area (Å²) in [6.07, 6.45) is 0. The van der Waals surface area contributed by atoms with Crippen molar-refractivity contribution < 1.29 is 4.42 Å². The largest absolute Gasteiger partial charge is 0.456 e. The second kappa shape index (κ2) is 11.9. The van der Waals surface area contributed by atoms with Crippen molar-refractivity contribution in [1.82, 2.24) is 0 Å². The Hall–Kier alpha value is -6.64. The molecule has 0 radical (unpaired) electrons. The van der Waals surface area contributed by atoms with Crippen LogP contribution < -0.4 is 4.90 Å². The number of fused-ring (bicyclic) bond motifs is 9. The lowest BCUT2D eigenvalue weighted by molar-refractivity contribution is 0.658. The first-order valence-electron chi connectivity index (χ1n) is 19.7. The lowest BCUT2D eigenvalue weighted by Gasteiger charge is -2.27. The summed E-state index contributed by atoms with van der Waals surface area (Å²) in [6, 6.07) is 64.6. The Labute approximate surface area is 328 Å². The zero-order chi connectivity index (χ0) is 37.8. The summed E-state index contributed by atoms with van der Waals surface area (Å²) in [4.78, 5) is 2.39. The number of para-hydroxylation sites is 1. The maximum Gasteiger partial charge on any atom is 0.136 e. The maximum absolute atomic E-state index is 6.41.